The molecule has 162 valence electrons. The number of imide groups is 1. The van der Waals surface area contributed by atoms with Crippen LogP contribution in [0.25, 0.3) is 0 Å². The fourth-order valence-electron chi connectivity index (χ4n) is 4.30. The van der Waals surface area contributed by atoms with Gasteiger partial charge in [-0.1, -0.05) is 42.5 Å². The fourth-order valence-corrected chi connectivity index (χ4v) is 5.80. The number of benzene rings is 2. The van der Waals surface area contributed by atoms with Crippen LogP contribution in [-0.4, -0.2) is 47.5 Å². The van der Waals surface area contributed by atoms with Gasteiger partial charge in [-0.25, -0.2) is 8.42 Å². The second-order valence-electron chi connectivity index (χ2n) is 8.00. The minimum Gasteiger partial charge on any atom is -0.268 e. The smallest absolute Gasteiger partial charge is 0.268 e. The summed E-state index contributed by atoms with van der Waals surface area (Å²) in [5, 5.41) is 0. The second-order valence-corrected chi connectivity index (χ2v) is 9.94. The van der Waals surface area contributed by atoms with Gasteiger partial charge >= 0.3 is 0 Å². The highest BCUT2D eigenvalue weighted by Crippen LogP contribution is 2.31. The summed E-state index contributed by atoms with van der Waals surface area (Å²) in [4.78, 5) is 30.4. The molecule has 0 N–H and O–H groups in total. The van der Waals surface area contributed by atoms with Crippen LogP contribution in [0.1, 0.15) is 44.3 Å². The van der Waals surface area contributed by atoms with Crippen molar-refractivity contribution in [1.29, 1.82) is 0 Å². The predicted octanol–water partition coefficient (Wildman–Crippen LogP) is 3.06. The van der Waals surface area contributed by atoms with Crippen LogP contribution in [0.4, 0.5) is 0 Å². The first-order valence-corrected chi connectivity index (χ1v) is 11.8. The van der Waals surface area contributed by atoms with Crippen LogP contribution in [0.3, 0.4) is 0 Å². The number of hydrogen-bond donors (Lipinski definition) is 0. The summed E-state index contributed by atoms with van der Waals surface area (Å²) >= 11 is 0. The van der Waals surface area contributed by atoms with E-state index in [1.807, 2.05) is 30.3 Å². The third kappa shape index (κ3) is 3.51. The van der Waals surface area contributed by atoms with Crippen molar-refractivity contribution in [1.82, 2.24) is 14.2 Å². The standard InChI is InChI=1S/C24H21N3O4S/c28-23-21-7-4-13-25-22(21)24(29)27(23)15-17-8-10-20(11-9-17)32(30,31)26-14-12-19(16-26)18-5-2-1-3-6-18/h1-11,13,19H,12,14-16H2/t19-/m0/s1. The van der Waals surface area contributed by atoms with Crippen molar-refractivity contribution in [2.45, 2.75) is 23.8 Å². The van der Waals surface area contributed by atoms with Crippen LogP contribution < -0.4 is 0 Å². The molecule has 5 rings (SSSR count). The van der Waals surface area contributed by atoms with Gasteiger partial charge < -0.3 is 0 Å². The number of nitrogens with zero attached hydrogens (tertiary/aromatic N) is 3. The molecule has 1 atom stereocenters. The molecule has 7 nitrogen and oxygen atoms in total. The Morgan fingerprint density at radius 3 is 2.38 bits per heavy atom. The SMILES string of the molecule is O=C1c2cccnc2C(=O)N1Cc1ccc(S(=O)(=O)N2CC[C@H](c3ccccc3)C2)cc1. The van der Waals surface area contributed by atoms with Crippen LogP contribution in [-0.2, 0) is 16.6 Å². The summed E-state index contributed by atoms with van der Waals surface area (Å²) < 4.78 is 27.8. The monoisotopic (exact) mass is 447 g/mol. The number of amides is 2. The van der Waals surface area contributed by atoms with E-state index in [4.69, 9.17) is 0 Å². The number of sulfonamides is 1. The van der Waals surface area contributed by atoms with Gasteiger partial charge in [0.05, 0.1) is 17.0 Å². The molecule has 2 aromatic carbocycles. The zero-order valence-corrected chi connectivity index (χ0v) is 18.0. The maximum Gasteiger partial charge on any atom is 0.280 e. The number of rotatable bonds is 5. The Hall–Kier alpha value is -3.36. The van der Waals surface area contributed by atoms with Crippen LogP contribution in [0.2, 0.25) is 0 Å². The van der Waals surface area contributed by atoms with Gasteiger partial charge in [-0.2, -0.15) is 4.31 Å². The first-order valence-electron chi connectivity index (χ1n) is 10.4. The third-order valence-electron chi connectivity index (χ3n) is 6.05. The quantitative estimate of drug-likeness (QED) is 0.561. The van der Waals surface area contributed by atoms with Gasteiger partial charge in [0, 0.05) is 19.3 Å². The summed E-state index contributed by atoms with van der Waals surface area (Å²) in [6.45, 7) is 0.996. The first-order chi connectivity index (χ1) is 15.4. The van der Waals surface area contributed by atoms with Gasteiger partial charge in [0.1, 0.15) is 5.69 Å². The molecule has 0 unspecified atom stereocenters. The van der Waals surface area contributed by atoms with E-state index in [0.717, 1.165) is 16.9 Å². The van der Waals surface area contributed by atoms with E-state index in [0.29, 0.717) is 24.2 Å². The van der Waals surface area contributed by atoms with Crippen molar-refractivity contribution in [2.24, 2.45) is 0 Å². The van der Waals surface area contributed by atoms with Crippen molar-refractivity contribution in [3.05, 3.63) is 95.3 Å². The highest BCUT2D eigenvalue weighted by Gasteiger charge is 2.37. The Labute approximate surface area is 186 Å². The number of carbonyl (C=O) groups is 2. The molecule has 0 aliphatic carbocycles. The normalized spacial score (nSPS) is 18.9. The molecule has 1 aromatic heterocycles. The summed E-state index contributed by atoms with van der Waals surface area (Å²) in [5.41, 5.74) is 2.26. The van der Waals surface area contributed by atoms with Crippen molar-refractivity contribution < 1.29 is 18.0 Å². The van der Waals surface area contributed by atoms with Crippen LogP contribution in [0.15, 0.2) is 77.8 Å². The van der Waals surface area contributed by atoms with Gasteiger partial charge in [0.15, 0.2) is 0 Å². The Morgan fingerprint density at radius 1 is 0.906 bits per heavy atom. The number of hydrogen-bond acceptors (Lipinski definition) is 5. The molecule has 2 aliphatic heterocycles. The molecule has 3 aromatic rings. The first kappa shape index (κ1) is 20.5. The lowest BCUT2D eigenvalue weighted by Crippen LogP contribution is -2.30. The van der Waals surface area contributed by atoms with Crippen molar-refractivity contribution in [3.63, 3.8) is 0 Å². The molecular formula is C24H21N3O4S. The summed E-state index contributed by atoms with van der Waals surface area (Å²) in [5.74, 6) is -0.641. The molecular weight excluding hydrogens is 426 g/mol. The lowest BCUT2D eigenvalue weighted by atomic mass is 9.99. The van der Waals surface area contributed by atoms with Gasteiger partial charge in [-0.15, -0.1) is 0 Å². The summed E-state index contributed by atoms with van der Waals surface area (Å²) in [6, 6.07) is 19.5. The topological polar surface area (TPSA) is 87.6 Å². The van der Waals surface area contributed by atoms with E-state index >= 15 is 0 Å². The Bertz CT molecular complexity index is 1260. The zero-order chi connectivity index (χ0) is 22.3. The van der Waals surface area contributed by atoms with Gasteiger partial charge in [-0.3, -0.25) is 19.5 Å². The molecule has 0 radical (unpaired) electrons. The number of aromatic nitrogens is 1. The van der Waals surface area contributed by atoms with Crippen molar-refractivity contribution in [3.8, 4) is 0 Å². The van der Waals surface area contributed by atoms with Crippen LogP contribution in [0, 0.1) is 0 Å². The minimum absolute atomic E-state index is 0.0636. The van der Waals surface area contributed by atoms with E-state index in [9.17, 15) is 18.0 Å². The van der Waals surface area contributed by atoms with E-state index in [1.54, 1.807) is 24.3 Å². The average Bonchev–Trinajstić information content (AvgIpc) is 3.41. The molecule has 1 saturated heterocycles. The van der Waals surface area contributed by atoms with Gasteiger partial charge in [0.2, 0.25) is 10.0 Å². The van der Waals surface area contributed by atoms with Crippen molar-refractivity contribution >= 4 is 21.8 Å². The lowest BCUT2D eigenvalue weighted by Gasteiger charge is -2.18. The largest absolute Gasteiger partial charge is 0.280 e. The number of fused-ring (bicyclic) bond motifs is 1. The molecule has 3 heterocycles. The maximum absolute atomic E-state index is 13.1. The molecule has 2 aliphatic rings. The Kier molecular flexibility index (Phi) is 5.11. The minimum atomic E-state index is -3.61. The lowest BCUT2D eigenvalue weighted by molar-refractivity contribution is 0.0640. The van der Waals surface area contributed by atoms with Gasteiger partial charge in [-0.05, 0) is 47.7 Å². The van der Waals surface area contributed by atoms with E-state index in [-0.39, 0.29) is 29.0 Å². The zero-order valence-electron chi connectivity index (χ0n) is 17.2. The molecule has 0 saturated carbocycles. The molecule has 1 fully saturated rings. The Morgan fingerprint density at radius 2 is 1.66 bits per heavy atom. The third-order valence-corrected chi connectivity index (χ3v) is 7.93. The highest BCUT2D eigenvalue weighted by atomic mass is 32.2. The molecule has 2 amide bonds. The van der Waals surface area contributed by atoms with E-state index < -0.39 is 15.9 Å². The fraction of sp³-hybridized carbons (Fsp3) is 0.208. The summed E-state index contributed by atoms with van der Waals surface area (Å²) in [6.07, 6.45) is 2.27. The van der Waals surface area contributed by atoms with Crippen LogP contribution in [0.5, 0.6) is 0 Å². The van der Waals surface area contributed by atoms with Crippen molar-refractivity contribution in [2.75, 3.05) is 13.1 Å². The number of pyridine rings is 1. The predicted molar refractivity (Wildman–Crippen MR) is 117 cm³/mol. The molecule has 8 heteroatoms. The van der Waals surface area contributed by atoms with Crippen LogP contribution >= 0.6 is 0 Å². The Balaban J connectivity index is 1.30. The second kappa shape index (κ2) is 7.96. The highest BCUT2D eigenvalue weighted by molar-refractivity contribution is 7.89. The maximum atomic E-state index is 13.1. The average molecular weight is 448 g/mol. The van der Waals surface area contributed by atoms with E-state index in [1.165, 1.54) is 22.6 Å². The molecule has 32 heavy (non-hydrogen) atoms. The molecule has 0 spiro atoms. The van der Waals surface area contributed by atoms with Gasteiger partial charge in [0.25, 0.3) is 11.8 Å². The van der Waals surface area contributed by atoms with E-state index in [2.05, 4.69) is 4.98 Å². The number of carbonyl (C=O) groups excluding carboxylic acids is 2. The summed E-state index contributed by atoms with van der Waals surface area (Å²) in [7, 11) is -3.61. The molecule has 0 bridgehead atoms.